The molecule has 0 aliphatic rings. The van der Waals surface area contributed by atoms with Gasteiger partial charge in [0, 0.05) is 16.6 Å². The summed E-state index contributed by atoms with van der Waals surface area (Å²) in [4.78, 5) is 11.1. The first-order valence-electron chi connectivity index (χ1n) is 6.16. The van der Waals surface area contributed by atoms with Gasteiger partial charge in [-0.3, -0.25) is 4.79 Å². The largest absolute Gasteiger partial charge is 0.376 e. The molecule has 6 heteroatoms. The number of nitrogens with two attached hydrogens (primary N) is 1. The lowest BCUT2D eigenvalue weighted by atomic mass is 10.0. The van der Waals surface area contributed by atoms with Crippen molar-refractivity contribution in [1.29, 1.82) is 0 Å². The average molecular weight is 355 g/mol. The van der Waals surface area contributed by atoms with Gasteiger partial charge in [-0.2, -0.15) is 0 Å². The molecule has 0 saturated heterocycles. The first-order valence-corrected chi connectivity index (χ1v) is 6.95. The second kappa shape index (κ2) is 6.22. The van der Waals surface area contributed by atoms with Crippen molar-refractivity contribution in [3.63, 3.8) is 0 Å². The van der Waals surface area contributed by atoms with E-state index in [4.69, 9.17) is 5.73 Å². The van der Waals surface area contributed by atoms with Crippen molar-refractivity contribution in [2.45, 2.75) is 13.5 Å². The number of benzene rings is 2. The van der Waals surface area contributed by atoms with Crippen molar-refractivity contribution in [2.24, 2.45) is 5.73 Å². The second-order valence-electron chi connectivity index (χ2n) is 4.60. The van der Waals surface area contributed by atoms with Crippen LogP contribution in [-0.2, 0) is 6.54 Å². The van der Waals surface area contributed by atoms with E-state index >= 15 is 0 Å². The molecule has 2 rings (SSSR count). The fourth-order valence-corrected chi connectivity index (χ4v) is 2.34. The zero-order valence-corrected chi connectivity index (χ0v) is 12.8. The number of carbonyl (C=O) groups is 1. The van der Waals surface area contributed by atoms with Crippen molar-refractivity contribution < 1.29 is 13.6 Å². The van der Waals surface area contributed by atoms with Crippen molar-refractivity contribution in [3.05, 3.63) is 63.1 Å². The van der Waals surface area contributed by atoms with Gasteiger partial charge >= 0.3 is 0 Å². The monoisotopic (exact) mass is 354 g/mol. The summed E-state index contributed by atoms with van der Waals surface area (Å²) in [7, 11) is 0. The van der Waals surface area contributed by atoms with Crippen molar-refractivity contribution >= 4 is 27.5 Å². The van der Waals surface area contributed by atoms with E-state index in [1.807, 2.05) is 0 Å². The van der Waals surface area contributed by atoms with E-state index < -0.39 is 17.5 Å². The Morgan fingerprint density at radius 1 is 1.24 bits per heavy atom. The molecule has 0 fully saturated rings. The molecule has 0 atom stereocenters. The Balaban J connectivity index is 2.19. The number of amides is 1. The number of anilines is 1. The molecule has 2 aromatic carbocycles. The summed E-state index contributed by atoms with van der Waals surface area (Å²) < 4.78 is 27.7. The number of carbonyl (C=O) groups excluding carboxylic acids is 1. The second-order valence-corrected chi connectivity index (χ2v) is 5.52. The van der Waals surface area contributed by atoms with Crippen LogP contribution in [0.3, 0.4) is 0 Å². The minimum absolute atomic E-state index is 0.184. The van der Waals surface area contributed by atoms with E-state index in [-0.39, 0.29) is 12.2 Å². The Labute approximate surface area is 129 Å². The highest BCUT2D eigenvalue weighted by atomic mass is 79.9. The fraction of sp³-hybridized carbons (Fsp3) is 0.133. The molecule has 0 aliphatic heterocycles. The lowest BCUT2D eigenvalue weighted by molar-refractivity contribution is 0.1000. The highest BCUT2D eigenvalue weighted by molar-refractivity contribution is 9.10. The Kier molecular flexibility index (Phi) is 4.57. The number of halogens is 3. The van der Waals surface area contributed by atoms with Crippen LogP contribution in [0.2, 0.25) is 0 Å². The molecule has 110 valence electrons. The summed E-state index contributed by atoms with van der Waals surface area (Å²) in [5, 5.41) is 2.73. The maximum Gasteiger partial charge on any atom is 0.248 e. The van der Waals surface area contributed by atoms with Gasteiger partial charge in [0.25, 0.3) is 0 Å². The van der Waals surface area contributed by atoms with Crippen molar-refractivity contribution in [1.82, 2.24) is 0 Å². The average Bonchev–Trinajstić information content (AvgIpc) is 2.38. The molecule has 0 heterocycles. The molecule has 0 unspecified atom stereocenters. The van der Waals surface area contributed by atoms with Gasteiger partial charge in [-0.15, -0.1) is 0 Å². The minimum atomic E-state index is -0.673. The third kappa shape index (κ3) is 3.58. The number of nitrogens with one attached hydrogen (secondary N) is 1. The summed E-state index contributed by atoms with van der Waals surface area (Å²) in [6, 6.07) is 7.31. The maximum atomic E-state index is 13.7. The molecule has 0 aliphatic carbocycles. The molecular weight excluding hydrogens is 342 g/mol. The van der Waals surface area contributed by atoms with Crippen LogP contribution in [0.1, 0.15) is 21.5 Å². The van der Waals surface area contributed by atoms with Gasteiger partial charge in [-0.05, 0) is 42.3 Å². The topological polar surface area (TPSA) is 55.1 Å². The Morgan fingerprint density at radius 2 is 1.86 bits per heavy atom. The summed E-state index contributed by atoms with van der Waals surface area (Å²) in [6.45, 7) is 2.04. The first-order chi connectivity index (χ1) is 9.88. The molecule has 0 radical (unpaired) electrons. The quantitative estimate of drug-likeness (QED) is 0.878. The normalized spacial score (nSPS) is 10.5. The zero-order chi connectivity index (χ0) is 15.6. The molecule has 0 bridgehead atoms. The third-order valence-electron chi connectivity index (χ3n) is 3.09. The highest BCUT2D eigenvalue weighted by Crippen LogP contribution is 2.24. The van der Waals surface area contributed by atoms with Crippen LogP contribution in [0.5, 0.6) is 0 Å². The number of hydrogen-bond acceptors (Lipinski definition) is 2. The molecule has 0 aromatic heterocycles. The molecule has 1 amide bonds. The fourth-order valence-electron chi connectivity index (χ4n) is 1.94. The first kappa shape index (κ1) is 15.4. The Morgan fingerprint density at radius 3 is 2.38 bits per heavy atom. The zero-order valence-electron chi connectivity index (χ0n) is 11.2. The van der Waals surface area contributed by atoms with Crippen LogP contribution in [-0.4, -0.2) is 5.91 Å². The molecule has 2 aromatic rings. The molecule has 3 nitrogen and oxygen atoms in total. The van der Waals surface area contributed by atoms with Crippen LogP contribution in [0.25, 0.3) is 0 Å². The Hall–Kier alpha value is -1.95. The summed E-state index contributed by atoms with van der Waals surface area (Å²) in [5.41, 5.74) is 7.05. The standard InChI is InChI=1S/C15H13BrF2N2O/c1-8-4-9(15(19)21)2-3-10(8)7-20-14-12(17)5-11(16)6-13(14)18/h2-6,20H,7H2,1H3,(H2,19,21). The molecule has 0 saturated carbocycles. The number of primary amides is 1. The smallest absolute Gasteiger partial charge is 0.248 e. The van der Waals surface area contributed by atoms with Gasteiger partial charge in [0.1, 0.15) is 17.3 Å². The SMILES string of the molecule is Cc1cc(C(N)=O)ccc1CNc1c(F)cc(Br)cc1F. The summed E-state index contributed by atoms with van der Waals surface area (Å²) >= 11 is 3.02. The van der Waals surface area contributed by atoms with Gasteiger partial charge in [-0.1, -0.05) is 22.0 Å². The van der Waals surface area contributed by atoms with E-state index in [9.17, 15) is 13.6 Å². The van der Waals surface area contributed by atoms with Gasteiger partial charge in [0.2, 0.25) is 5.91 Å². The minimum Gasteiger partial charge on any atom is -0.376 e. The lowest BCUT2D eigenvalue weighted by Gasteiger charge is -2.12. The summed E-state index contributed by atoms with van der Waals surface area (Å²) in [5.74, 6) is -1.86. The molecular formula is C15H13BrF2N2O. The molecule has 21 heavy (non-hydrogen) atoms. The predicted molar refractivity (Wildman–Crippen MR) is 81.1 cm³/mol. The van der Waals surface area contributed by atoms with Gasteiger partial charge in [-0.25, -0.2) is 8.78 Å². The third-order valence-corrected chi connectivity index (χ3v) is 3.55. The number of aryl methyl sites for hydroxylation is 1. The van der Waals surface area contributed by atoms with Crippen LogP contribution in [0, 0.1) is 18.6 Å². The van der Waals surface area contributed by atoms with Gasteiger partial charge < -0.3 is 11.1 Å². The Bertz CT molecular complexity index is 681. The molecule has 3 N–H and O–H groups in total. The predicted octanol–water partition coefficient (Wildman–Crippen LogP) is 3.75. The van der Waals surface area contributed by atoms with Gasteiger partial charge in [0.15, 0.2) is 0 Å². The maximum absolute atomic E-state index is 13.7. The van der Waals surface area contributed by atoms with E-state index in [0.717, 1.165) is 11.1 Å². The molecule has 0 spiro atoms. The number of hydrogen-bond donors (Lipinski definition) is 2. The van der Waals surface area contributed by atoms with E-state index in [1.54, 1.807) is 25.1 Å². The van der Waals surface area contributed by atoms with Crippen LogP contribution in [0.4, 0.5) is 14.5 Å². The van der Waals surface area contributed by atoms with Crippen molar-refractivity contribution in [3.8, 4) is 0 Å². The van der Waals surface area contributed by atoms with E-state index in [2.05, 4.69) is 21.2 Å². The van der Waals surface area contributed by atoms with Crippen LogP contribution < -0.4 is 11.1 Å². The van der Waals surface area contributed by atoms with Crippen LogP contribution >= 0.6 is 15.9 Å². The highest BCUT2D eigenvalue weighted by Gasteiger charge is 2.11. The van der Waals surface area contributed by atoms with Crippen molar-refractivity contribution in [2.75, 3.05) is 5.32 Å². The number of rotatable bonds is 4. The van der Waals surface area contributed by atoms with Gasteiger partial charge in [0.05, 0.1) is 0 Å². The van der Waals surface area contributed by atoms with Crippen LogP contribution in [0.15, 0.2) is 34.8 Å². The lowest BCUT2D eigenvalue weighted by Crippen LogP contribution is -2.12. The van der Waals surface area contributed by atoms with E-state index in [1.165, 1.54) is 12.1 Å². The summed E-state index contributed by atoms with van der Waals surface area (Å²) in [6.07, 6.45) is 0. The van der Waals surface area contributed by atoms with E-state index in [0.29, 0.717) is 10.0 Å².